The minimum Gasteiger partial charge on any atom is -0.339 e. The van der Waals surface area contributed by atoms with Crippen LogP contribution in [0.15, 0.2) is 16.8 Å². The third-order valence-electron chi connectivity index (χ3n) is 4.94. The van der Waals surface area contributed by atoms with Gasteiger partial charge in [-0.3, -0.25) is 14.5 Å². The molecule has 132 valence electrons. The largest absolute Gasteiger partial charge is 0.339 e. The summed E-state index contributed by atoms with van der Waals surface area (Å²) in [4.78, 5) is 9.18. The third kappa shape index (κ3) is 3.67. The van der Waals surface area contributed by atoms with Crippen LogP contribution in [0.25, 0.3) is 0 Å². The Balaban J connectivity index is 1.68. The fraction of sp³-hybridized carbons (Fsp3) is 0.706. The molecule has 0 saturated carbocycles. The molecule has 0 radical (unpaired) electrons. The lowest BCUT2D eigenvalue weighted by atomic mass is 9.87. The quantitative estimate of drug-likeness (QED) is 0.805. The molecular weight excluding hydrogens is 304 g/mol. The van der Waals surface area contributed by atoms with Gasteiger partial charge < -0.3 is 4.52 Å². The number of piperidine rings is 1. The van der Waals surface area contributed by atoms with E-state index in [4.69, 9.17) is 4.52 Å². The van der Waals surface area contributed by atoms with E-state index in [1.807, 2.05) is 24.9 Å². The minimum absolute atomic E-state index is 0.408. The van der Waals surface area contributed by atoms with E-state index in [-0.39, 0.29) is 0 Å². The van der Waals surface area contributed by atoms with Gasteiger partial charge in [-0.15, -0.1) is 0 Å². The van der Waals surface area contributed by atoms with E-state index in [1.54, 1.807) is 0 Å². The molecule has 2 atom stereocenters. The van der Waals surface area contributed by atoms with Crippen LogP contribution in [0.1, 0.15) is 43.2 Å². The van der Waals surface area contributed by atoms with Crippen LogP contribution in [0.5, 0.6) is 0 Å². The molecule has 3 rings (SSSR count). The molecule has 0 aliphatic carbocycles. The van der Waals surface area contributed by atoms with Gasteiger partial charge in [-0.05, 0) is 45.5 Å². The van der Waals surface area contributed by atoms with Crippen molar-refractivity contribution in [2.75, 3.05) is 27.2 Å². The zero-order valence-corrected chi connectivity index (χ0v) is 15.1. The van der Waals surface area contributed by atoms with Gasteiger partial charge in [0.05, 0.1) is 18.3 Å². The standard InChI is InChI=1S/C17H28N6O/c1-5-16-19-15(20-24-16)12-21(2)11-13-7-6-10-22(3)17(13)14-8-9-18-23(14)4/h8-9,13,17H,5-7,10-12H2,1-4H3/t13-,17+/m0/s1. The van der Waals surface area contributed by atoms with Crippen LogP contribution in [-0.2, 0) is 20.0 Å². The molecule has 1 saturated heterocycles. The number of aromatic nitrogens is 4. The minimum atomic E-state index is 0.408. The normalized spacial score (nSPS) is 22.4. The van der Waals surface area contributed by atoms with Crippen molar-refractivity contribution in [1.29, 1.82) is 0 Å². The molecule has 2 aromatic heterocycles. The molecule has 0 unspecified atom stereocenters. The van der Waals surface area contributed by atoms with E-state index in [2.05, 4.69) is 45.2 Å². The molecule has 0 bridgehead atoms. The van der Waals surface area contributed by atoms with Crippen molar-refractivity contribution in [3.8, 4) is 0 Å². The van der Waals surface area contributed by atoms with Gasteiger partial charge in [-0.1, -0.05) is 12.1 Å². The summed E-state index contributed by atoms with van der Waals surface area (Å²) in [6, 6.07) is 2.55. The Hall–Kier alpha value is -1.73. The van der Waals surface area contributed by atoms with Gasteiger partial charge >= 0.3 is 0 Å². The zero-order chi connectivity index (χ0) is 17.1. The Morgan fingerprint density at radius 3 is 2.88 bits per heavy atom. The summed E-state index contributed by atoms with van der Waals surface area (Å²) in [7, 11) is 6.39. The fourth-order valence-electron chi connectivity index (χ4n) is 3.80. The van der Waals surface area contributed by atoms with Crippen LogP contribution in [0.4, 0.5) is 0 Å². The second-order valence-corrected chi connectivity index (χ2v) is 6.86. The molecule has 0 N–H and O–H groups in total. The molecule has 1 fully saturated rings. The van der Waals surface area contributed by atoms with Crippen molar-refractivity contribution in [2.45, 2.75) is 38.8 Å². The topological polar surface area (TPSA) is 63.2 Å². The van der Waals surface area contributed by atoms with Crippen LogP contribution in [0.2, 0.25) is 0 Å². The highest BCUT2D eigenvalue weighted by molar-refractivity contribution is 5.10. The Kier molecular flexibility index (Phi) is 5.30. The number of rotatable bonds is 6. The van der Waals surface area contributed by atoms with Crippen molar-refractivity contribution in [3.05, 3.63) is 29.7 Å². The molecule has 0 spiro atoms. The van der Waals surface area contributed by atoms with E-state index in [9.17, 15) is 0 Å². The Morgan fingerprint density at radius 1 is 1.38 bits per heavy atom. The molecular formula is C17H28N6O. The summed E-state index contributed by atoms with van der Waals surface area (Å²) >= 11 is 0. The van der Waals surface area contributed by atoms with Gasteiger partial charge in [-0.2, -0.15) is 10.1 Å². The van der Waals surface area contributed by atoms with Crippen molar-refractivity contribution < 1.29 is 4.52 Å². The van der Waals surface area contributed by atoms with Crippen LogP contribution in [0.3, 0.4) is 0 Å². The van der Waals surface area contributed by atoms with Gasteiger partial charge in [-0.25, -0.2) is 0 Å². The van der Waals surface area contributed by atoms with Gasteiger partial charge in [0.15, 0.2) is 5.82 Å². The number of nitrogens with zero attached hydrogens (tertiary/aromatic N) is 6. The third-order valence-corrected chi connectivity index (χ3v) is 4.94. The second kappa shape index (κ2) is 7.44. The summed E-state index contributed by atoms with van der Waals surface area (Å²) in [5, 5.41) is 8.43. The number of hydrogen-bond acceptors (Lipinski definition) is 6. The van der Waals surface area contributed by atoms with Crippen molar-refractivity contribution in [3.63, 3.8) is 0 Å². The average molecular weight is 332 g/mol. The highest BCUT2D eigenvalue weighted by Crippen LogP contribution is 2.35. The maximum absolute atomic E-state index is 5.21. The first-order valence-corrected chi connectivity index (χ1v) is 8.76. The SMILES string of the molecule is CCc1nc(CN(C)C[C@@H]2CCCN(C)[C@H]2c2ccnn2C)no1. The lowest BCUT2D eigenvalue weighted by molar-refractivity contribution is 0.0864. The van der Waals surface area contributed by atoms with E-state index in [0.717, 1.165) is 31.9 Å². The Morgan fingerprint density at radius 2 is 2.21 bits per heavy atom. The average Bonchev–Trinajstić information content (AvgIpc) is 3.16. The van der Waals surface area contributed by atoms with E-state index in [0.29, 0.717) is 17.9 Å². The number of likely N-dealkylation sites (tertiary alicyclic amines) is 1. The van der Waals surface area contributed by atoms with Gasteiger partial charge in [0.1, 0.15) is 0 Å². The van der Waals surface area contributed by atoms with E-state index >= 15 is 0 Å². The molecule has 1 aliphatic rings. The lowest BCUT2D eigenvalue weighted by Crippen LogP contribution is -2.41. The molecule has 0 amide bonds. The first-order chi connectivity index (χ1) is 11.6. The first kappa shape index (κ1) is 17.1. The maximum atomic E-state index is 5.21. The number of hydrogen-bond donors (Lipinski definition) is 0. The van der Waals surface area contributed by atoms with Crippen LogP contribution in [-0.4, -0.2) is 56.9 Å². The number of aryl methyl sites for hydroxylation is 2. The van der Waals surface area contributed by atoms with Crippen LogP contribution < -0.4 is 0 Å². The summed E-state index contributed by atoms with van der Waals surface area (Å²) in [6.45, 7) is 4.90. The highest BCUT2D eigenvalue weighted by atomic mass is 16.5. The molecule has 3 heterocycles. The monoisotopic (exact) mass is 332 g/mol. The smallest absolute Gasteiger partial charge is 0.226 e. The Bertz CT molecular complexity index is 651. The summed E-state index contributed by atoms with van der Waals surface area (Å²) in [5.74, 6) is 2.06. The molecule has 7 heteroatoms. The lowest BCUT2D eigenvalue weighted by Gasteiger charge is -2.40. The fourth-order valence-corrected chi connectivity index (χ4v) is 3.80. The van der Waals surface area contributed by atoms with Gasteiger partial charge in [0.25, 0.3) is 0 Å². The van der Waals surface area contributed by atoms with Crippen molar-refractivity contribution >= 4 is 0 Å². The zero-order valence-electron chi connectivity index (χ0n) is 15.1. The first-order valence-electron chi connectivity index (χ1n) is 8.76. The molecule has 0 aromatic carbocycles. The van der Waals surface area contributed by atoms with Gasteiger partial charge in [0.2, 0.25) is 5.89 Å². The second-order valence-electron chi connectivity index (χ2n) is 6.86. The molecule has 2 aromatic rings. The molecule has 24 heavy (non-hydrogen) atoms. The van der Waals surface area contributed by atoms with E-state index in [1.165, 1.54) is 18.5 Å². The van der Waals surface area contributed by atoms with Crippen LogP contribution >= 0.6 is 0 Å². The summed E-state index contributed by atoms with van der Waals surface area (Å²) < 4.78 is 7.22. The Labute approximate surface area is 143 Å². The van der Waals surface area contributed by atoms with Crippen molar-refractivity contribution in [2.24, 2.45) is 13.0 Å². The maximum Gasteiger partial charge on any atom is 0.226 e. The van der Waals surface area contributed by atoms with Crippen molar-refractivity contribution in [1.82, 2.24) is 29.7 Å². The molecule has 1 aliphatic heterocycles. The summed E-state index contributed by atoms with van der Waals surface area (Å²) in [6.07, 6.45) is 5.15. The highest BCUT2D eigenvalue weighted by Gasteiger charge is 2.33. The van der Waals surface area contributed by atoms with E-state index < -0.39 is 0 Å². The molecule has 7 nitrogen and oxygen atoms in total. The van der Waals surface area contributed by atoms with Gasteiger partial charge in [0, 0.05) is 26.2 Å². The van der Waals surface area contributed by atoms with Crippen LogP contribution in [0, 0.1) is 5.92 Å². The predicted molar refractivity (Wildman–Crippen MR) is 91.3 cm³/mol. The summed E-state index contributed by atoms with van der Waals surface area (Å²) in [5.41, 5.74) is 1.29. The predicted octanol–water partition coefficient (Wildman–Crippen LogP) is 1.88.